The summed E-state index contributed by atoms with van der Waals surface area (Å²) in [5.74, 6) is -1.02. The average Bonchev–Trinajstić information content (AvgIpc) is 2.83. The molecular formula is C13H14N4O4. The van der Waals surface area contributed by atoms with E-state index in [2.05, 4.69) is 10.3 Å². The summed E-state index contributed by atoms with van der Waals surface area (Å²) in [5.41, 5.74) is 0.168. The molecule has 1 aromatic carbocycles. The first-order chi connectivity index (χ1) is 10.1. The van der Waals surface area contributed by atoms with Crippen molar-refractivity contribution in [1.82, 2.24) is 19.9 Å². The van der Waals surface area contributed by atoms with Gasteiger partial charge in [-0.2, -0.15) is 4.68 Å². The molecule has 0 aliphatic carbocycles. The molecule has 0 saturated carbocycles. The number of aliphatic hydroxyl groups is 1. The molecule has 21 heavy (non-hydrogen) atoms. The quantitative estimate of drug-likeness (QED) is 0.767. The summed E-state index contributed by atoms with van der Waals surface area (Å²) in [4.78, 5) is 25.0. The second-order valence-electron chi connectivity index (χ2n) is 5.07. The van der Waals surface area contributed by atoms with E-state index in [4.69, 9.17) is 5.11 Å². The van der Waals surface area contributed by atoms with Crippen molar-refractivity contribution in [2.75, 3.05) is 6.54 Å². The van der Waals surface area contributed by atoms with Crippen LogP contribution in [-0.4, -0.2) is 54.8 Å². The number of fused-ring (bicyclic) bond motifs is 1. The standard InChI is InChI=1S/C13H14N4O4/c18-8-5-11(13(20)21)16(6-8)7-17-12(19)9-3-1-2-4-10(9)14-15-17/h1-4,8,11,18H,5-7H2,(H,20,21). The zero-order valence-corrected chi connectivity index (χ0v) is 11.1. The smallest absolute Gasteiger partial charge is 0.321 e. The lowest BCUT2D eigenvalue weighted by Crippen LogP contribution is -2.41. The summed E-state index contributed by atoms with van der Waals surface area (Å²) >= 11 is 0. The number of hydrogen-bond acceptors (Lipinski definition) is 6. The highest BCUT2D eigenvalue weighted by atomic mass is 16.4. The van der Waals surface area contributed by atoms with Crippen LogP contribution in [0.25, 0.3) is 10.9 Å². The maximum absolute atomic E-state index is 12.3. The van der Waals surface area contributed by atoms with Crippen LogP contribution >= 0.6 is 0 Å². The van der Waals surface area contributed by atoms with E-state index in [0.717, 1.165) is 4.68 Å². The van der Waals surface area contributed by atoms with Gasteiger partial charge in [-0.3, -0.25) is 14.5 Å². The van der Waals surface area contributed by atoms with Crippen molar-refractivity contribution in [1.29, 1.82) is 0 Å². The summed E-state index contributed by atoms with van der Waals surface area (Å²) < 4.78 is 1.12. The predicted octanol–water partition coefficient (Wildman–Crippen LogP) is -0.731. The van der Waals surface area contributed by atoms with Crippen LogP contribution in [-0.2, 0) is 11.5 Å². The molecule has 110 valence electrons. The fourth-order valence-corrected chi connectivity index (χ4v) is 2.58. The average molecular weight is 290 g/mol. The summed E-state index contributed by atoms with van der Waals surface area (Å²) in [6, 6.07) is 6.01. The Balaban J connectivity index is 1.93. The van der Waals surface area contributed by atoms with Gasteiger partial charge in [0.1, 0.15) is 11.6 Å². The Hall–Kier alpha value is -2.32. The van der Waals surface area contributed by atoms with Crippen LogP contribution in [0.15, 0.2) is 29.1 Å². The Morgan fingerprint density at radius 2 is 2.14 bits per heavy atom. The van der Waals surface area contributed by atoms with Gasteiger partial charge in [-0.25, -0.2) is 0 Å². The fourth-order valence-electron chi connectivity index (χ4n) is 2.58. The lowest BCUT2D eigenvalue weighted by molar-refractivity contribution is -0.142. The summed E-state index contributed by atoms with van der Waals surface area (Å²) in [6.45, 7) is 0.183. The van der Waals surface area contributed by atoms with Crippen LogP contribution in [0.3, 0.4) is 0 Å². The van der Waals surface area contributed by atoms with Crippen molar-refractivity contribution in [3.63, 3.8) is 0 Å². The molecule has 2 heterocycles. The molecule has 0 spiro atoms. The van der Waals surface area contributed by atoms with Gasteiger partial charge in [-0.1, -0.05) is 17.3 Å². The largest absolute Gasteiger partial charge is 0.480 e. The molecule has 0 radical (unpaired) electrons. The maximum Gasteiger partial charge on any atom is 0.321 e. The molecule has 1 saturated heterocycles. The number of benzene rings is 1. The second-order valence-corrected chi connectivity index (χ2v) is 5.07. The van der Waals surface area contributed by atoms with E-state index in [0.29, 0.717) is 10.9 Å². The molecule has 2 unspecified atom stereocenters. The SMILES string of the molecule is O=C(O)C1CC(O)CN1Cn1nnc2ccccc2c1=O. The van der Waals surface area contributed by atoms with E-state index >= 15 is 0 Å². The fraction of sp³-hybridized carbons (Fsp3) is 0.385. The molecule has 2 atom stereocenters. The number of likely N-dealkylation sites (tertiary alicyclic amines) is 1. The Labute approximate surface area is 119 Å². The molecule has 1 aliphatic rings. The molecular weight excluding hydrogens is 276 g/mol. The van der Waals surface area contributed by atoms with Crippen LogP contribution in [0.1, 0.15) is 6.42 Å². The molecule has 0 bridgehead atoms. The van der Waals surface area contributed by atoms with Gasteiger partial charge in [0.2, 0.25) is 0 Å². The van der Waals surface area contributed by atoms with Crippen LogP contribution in [0, 0.1) is 0 Å². The van der Waals surface area contributed by atoms with Gasteiger partial charge in [-0.05, 0) is 12.1 Å². The Morgan fingerprint density at radius 1 is 1.38 bits per heavy atom. The van der Waals surface area contributed by atoms with E-state index in [1.807, 2.05) is 0 Å². The van der Waals surface area contributed by atoms with Gasteiger partial charge >= 0.3 is 5.97 Å². The highest BCUT2D eigenvalue weighted by Gasteiger charge is 2.36. The number of nitrogens with zero attached hydrogens (tertiary/aromatic N) is 4. The number of β-amino-alcohol motifs (C(OH)–C–C–N with tert-alkyl or cyclic N) is 1. The van der Waals surface area contributed by atoms with E-state index in [1.165, 1.54) is 4.90 Å². The van der Waals surface area contributed by atoms with Crippen LogP contribution < -0.4 is 5.56 Å². The van der Waals surface area contributed by atoms with Crippen LogP contribution in [0.4, 0.5) is 0 Å². The second kappa shape index (κ2) is 5.23. The minimum Gasteiger partial charge on any atom is -0.480 e. The molecule has 1 fully saturated rings. The third kappa shape index (κ3) is 2.50. The van der Waals surface area contributed by atoms with Crippen molar-refractivity contribution in [3.05, 3.63) is 34.6 Å². The number of carboxylic acids is 1. The Morgan fingerprint density at radius 3 is 2.90 bits per heavy atom. The number of hydrogen-bond donors (Lipinski definition) is 2. The van der Waals surface area contributed by atoms with Gasteiger partial charge in [0.05, 0.1) is 18.2 Å². The Kier molecular flexibility index (Phi) is 3.40. The number of carbonyl (C=O) groups is 1. The molecule has 1 aromatic heterocycles. The molecule has 0 amide bonds. The van der Waals surface area contributed by atoms with Crippen LogP contribution in [0.5, 0.6) is 0 Å². The monoisotopic (exact) mass is 290 g/mol. The highest BCUT2D eigenvalue weighted by molar-refractivity contribution is 5.76. The lowest BCUT2D eigenvalue weighted by atomic mass is 10.2. The van der Waals surface area contributed by atoms with Crippen molar-refractivity contribution in [3.8, 4) is 0 Å². The lowest BCUT2D eigenvalue weighted by Gasteiger charge is -2.20. The highest BCUT2D eigenvalue weighted by Crippen LogP contribution is 2.18. The molecule has 2 aromatic rings. The van der Waals surface area contributed by atoms with Gasteiger partial charge in [0, 0.05) is 13.0 Å². The van der Waals surface area contributed by atoms with Gasteiger partial charge < -0.3 is 10.2 Å². The van der Waals surface area contributed by atoms with Crippen LogP contribution in [0.2, 0.25) is 0 Å². The maximum atomic E-state index is 12.3. The Bertz CT molecular complexity index is 744. The zero-order valence-electron chi connectivity index (χ0n) is 11.1. The van der Waals surface area contributed by atoms with Crippen molar-refractivity contribution < 1.29 is 15.0 Å². The zero-order chi connectivity index (χ0) is 15.0. The van der Waals surface area contributed by atoms with E-state index in [9.17, 15) is 14.7 Å². The third-order valence-electron chi connectivity index (χ3n) is 3.61. The van der Waals surface area contributed by atoms with Gasteiger partial charge in [0.15, 0.2) is 0 Å². The first-order valence-corrected chi connectivity index (χ1v) is 6.53. The van der Waals surface area contributed by atoms with Gasteiger partial charge in [-0.15, -0.1) is 5.10 Å². The third-order valence-corrected chi connectivity index (χ3v) is 3.61. The van der Waals surface area contributed by atoms with E-state index in [-0.39, 0.29) is 25.2 Å². The minimum atomic E-state index is -1.02. The number of aromatic nitrogens is 3. The molecule has 2 N–H and O–H groups in total. The van der Waals surface area contributed by atoms with Gasteiger partial charge in [0.25, 0.3) is 5.56 Å². The topological polar surface area (TPSA) is 109 Å². The summed E-state index contributed by atoms with van der Waals surface area (Å²) in [7, 11) is 0. The first-order valence-electron chi connectivity index (χ1n) is 6.53. The minimum absolute atomic E-state index is 0.00923. The number of carboxylic acid groups (broad SMARTS) is 1. The molecule has 1 aliphatic heterocycles. The van der Waals surface area contributed by atoms with Crippen molar-refractivity contribution in [2.24, 2.45) is 0 Å². The molecule has 8 heteroatoms. The first kappa shape index (κ1) is 13.7. The number of aliphatic hydroxyl groups excluding tert-OH is 1. The van der Waals surface area contributed by atoms with E-state index in [1.54, 1.807) is 24.3 Å². The van der Waals surface area contributed by atoms with Crippen molar-refractivity contribution >= 4 is 16.9 Å². The normalized spacial score (nSPS) is 22.7. The predicted molar refractivity (Wildman–Crippen MR) is 72.6 cm³/mol. The van der Waals surface area contributed by atoms with E-state index < -0.39 is 18.1 Å². The molecule has 8 nitrogen and oxygen atoms in total. The number of rotatable bonds is 3. The summed E-state index contributed by atoms with van der Waals surface area (Å²) in [5, 5.41) is 27.0. The van der Waals surface area contributed by atoms with Crippen molar-refractivity contribution in [2.45, 2.75) is 25.2 Å². The number of aliphatic carboxylic acids is 1. The molecule has 3 rings (SSSR count). The summed E-state index contributed by atoms with van der Waals surface area (Å²) in [6.07, 6.45) is -0.569.